The van der Waals surface area contributed by atoms with Crippen molar-refractivity contribution >= 4 is 22.7 Å². The molecule has 20 heavy (non-hydrogen) atoms. The fraction of sp³-hybridized carbons (Fsp3) is 0.333. The molecule has 0 saturated heterocycles. The van der Waals surface area contributed by atoms with Crippen LogP contribution in [0.1, 0.15) is 24.2 Å². The van der Waals surface area contributed by atoms with Gasteiger partial charge in [-0.15, -0.1) is 0 Å². The highest BCUT2D eigenvalue weighted by Crippen LogP contribution is 2.15. The van der Waals surface area contributed by atoms with Crippen molar-refractivity contribution in [3.8, 4) is 0 Å². The molecular weight excluding hydrogens is 254 g/mol. The quantitative estimate of drug-likeness (QED) is 0.872. The number of carbonyl (C=O) groups is 2. The van der Waals surface area contributed by atoms with E-state index in [4.69, 9.17) is 0 Å². The Kier molecular flexibility index (Phi) is 4.40. The standard InChI is InChI=1S/C15H19N3O2/c1-3-16-14(19)10-18(4-2)15(20)12-5-6-13-11(9-12)7-8-17-13/h5-9,17H,3-4,10H2,1-2H3,(H,16,19). The summed E-state index contributed by atoms with van der Waals surface area (Å²) < 4.78 is 0. The number of nitrogens with one attached hydrogen (secondary N) is 2. The number of hydrogen-bond donors (Lipinski definition) is 2. The number of aromatic nitrogens is 1. The molecule has 1 aromatic carbocycles. The molecule has 2 N–H and O–H groups in total. The number of carbonyl (C=O) groups excluding carboxylic acids is 2. The lowest BCUT2D eigenvalue weighted by Crippen LogP contribution is -2.40. The van der Waals surface area contributed by atoms with Crippen LogP contribution in [0.25, 0.3) is 10.9 Å². The highest BCUT2D eigenvalue weighted by molar-refractivity contribution is 5.99. The Morgan fingerprint density at radius 1 is 1.25 bits per heavy atom. The first-order chi connectivity index (χ1) is 9.65. The monoisotopic (exact) mass is 273 g/mol. The van der Waals surface area contributed by atoms with Gasteiger partial charge in [0.25, 0.3) is 5.91 Å². The smallest absolute Gasteiger partial charge is 0.254 e. The second kappa shape index (κ2) is 6.23. The fourth-order valence-corrected chi connectivity index (χ4v) is 2.12. The molecule has 5 heteroatoms. The molecule has 1 heterocycles. The van der Waals surface area contributed by atoms with E-state index in [9.17, 15) is 9.59 Å². The number of fused-ring (bicyclic) bond motifs is 1. The van der Waals surface area contributed by atoms with E-state index < -0.39 is 0 Å². The molecule has 2 aromatic rings. The lowest BCUT2D eigenvalue weighted by molar-refractivity contribution is -0.121. The average Bonchev–Trinajstić information content (AvgIpc) is 2.91. The van der Waals surface area contributed by atoms with E-state index in [0.29, 0.717) is 18.7 Å². The topological polar surface area (TPSA) is 65.2 Å². The maximum Gasteiger partial charge on any atom is 0.254 e. The van der Waals surface area contributed by atoms with E-state index in [1.807, 2.05) is 38.2 Å². The number of H-pyrrole nitrogens is 1. The zero-order valence-electron chi connectivity index (χ0n) is 11.8. The van der Waals surface area contributed by atoms with Crippen LogP contribution in [0, 0.1) is 0 Å². The van der Waals surface area contributed by atoms with Gasteiger partial charge in [0.1, 0.15) is 0 Å². The number of rotatable bonds is 5. The van der Waals surface area contributed by atoms with Crippen molar-refractivity contribution in [1.82, 2.24) is 15.2 Å². The minimum atomic E-state index is -0.134. The van der Waals surface area contributed by atoms with Crippen LogP contribution in [-0.2, 0) is 4.79 Å². The number of aromatic amines is 1. The molecule has 1 aromatic heterocycles. The van der Waals surface area contributed by atoms with Gasteiger partial charge in [-0.2, -0.15) is 0 Å². The summed E-state index contributed by atoms with van der Waals surface area (Å²) in [5, 5.41) is 3.69. The molecule has 0 aliphatic carbocycles. The van der Waals surface area contributed by atoms with Gasteiger partial charge in [0.15, 0.2) is 0 Å². The summed E-state index contributed by atoms with van der Waals surface area (Å²) in [4.78, 5) is 28.7. The average molecular weight is 273 g/mol. The Labute approximate surface area is 118 Å². The van der Waals surface area contributed by atoms with Gasteiger partial charge in [0.2, 0.25) is 5.91 Å². The number of amides is 2. The maximum absolute atomic E-state index is 12.4. The first-order valence-electron chi connectivity index (χ1n) is 6.78. The van der Waals surface area contributed by atoms with Gasteiger partial charge in [-0.05, 0) is 38.1 Å². The van der Waals surface area contributed by atoms with Crippen LogP contribution in [0.5, 0.6) is 0 Å². The summed E-state index contributed by atoms with van der Waals surface area (Å²) >= 11 is 0. The second-order valence-electron chi connectivity index (χ2n) is 4.55. The molecule has 0 unspecified atom stereocenters. The Morgan fingerprint density at radius 3 is 2.75 bits per heavy atom. The van der Waals surface area contributed by atoms with Crippen molar-refractivity contribution in [2.45, 2.75) is 13.8 Å². The molecule has 0 fully saturated rings. The first kappa shape index (κ1) is 14.1. The van der Waals surface area contributed by atoms with Crippen LogP contribution < -0.4 is 5.32 Å². The Balaban J connectivity index is 2.16. The Bertz CT molecular complexity index is 618. The molecule has 0 radical (unpaired) electrons. The fourth-order valence-electron chi connectivity index (χ4n) is 2.12. The molecule has 2 amide bonds. The largest absolute Gasteiger partial charge is 0.361 e. The number of benzene rings is 1. The van der Waals surface area contributed by atoms with Crippen LogP contribution >= 0.6 is 0 Å². The lowest BCUT2D eigenvalue weighted by atomic mass is 10.1. The summed E-state index contributed by atoms with van der Waals surface area (Å²) in [5.41, 5.74) is 1.59. The van der Waals surface area contributed by atoms with Gasteiger partial charge >= 0.3 is 0 Å². The Hall–Kier alpha value is -2.30. The minimum Gasteiger partial charge on any atom is -0.361 e. The van der Waals surface area contributed by atoms with Crippen LogP contribution in [0.15, 0.2) is 30.5 Å². The maximum atomic E-state index is 12.4. The molecule has 0 aliphatic heterocycles. The van der Waals surface area contributed by atoms with Crippen LogP contribution in [0.3, 0.4) is 0 Å². The van der Waals surface area contributed by atoms with E-state index in [2.05, 4.69) is 10.3 Å². The van der Waals surface area contributed by atoms with Gasteiger partial charge in [-0.25, -0.2) is 0 Å². The first-order valence-corrected chi connectivity index (χ1v) is 6.78. The van der Waals surface area contributed by atoms with Gasteiger partial charge in [0.05, 0.1) is 6.54 Å². The molecule has 5 nitrogen and oxygen atoms in total. The normalized spacial score (nSPS) is 10.5. The summed E-state index contributed by atoms with van der Waals surface area (Å²) in [7, 11) is 0. The number of hydrogen-bond acceptors (Lipinski definition) is 2. The van der Waals surface area contributed by atoms with Gasteiger partial charge < -0.3 is 15.2 Å². The summed E-state index contributed by atoms with van der Waals surface area (Å²) in [6, 6.07) is 7.42. The zero-order valence-corrected chi connectivity index (χ0v) is 11.8. The SMILES string of the molecule is CCNC(=O)CN(CC)C(=O)c1ccc2[nH]ccc2c1. The molecule has 0 atom stereocenters. The summed E-state index contributed by atoms with van der Waals surface area (Å²) in [6.07, 6.45) is 1.84. The lowest BCUT2D eigenvalue weighted by Gasteiger charge is -2.20. The van der Waals surface area contributed by atoms with Crippen LogP contribution in [-0.4, -0.2) is 41.3 Å². The molecule has 0 bridgehead atoms. The highest BCUT2D eigenvalue weighted by atomic mass is 16.2. The second-order valence-corrected chi connectivity index (χ2v) is 4.55. The minimum absolute atomic E-state index is 0.0916. The van der Waals surface area contributed by atoms with E-state index in [0.717, 1.165) is 10.9 Å². The Morgan fingerprint density at radius 2 is 2.05 bits per heavy atom. The zero-order chi connectivity index (χ0) is 14.5. The van der Waals surface area contributed by atoms with E-state index in [-0.39, 0.29) is 18.4 Å². The van der Waals surface area contributed by atoms with Crippen molar-refractivity contribution in [3.63, 3.8) is 0 Å². The van der Waals surface area contributed by atoms with Crippen molar-refractivity contribution in [3.05, 3.63) is 36.0 Å². The highest BCUT2D eigenvalue weighted by Gasteiger charge is 2.17. The summed E-state index contributed by atoms with van der Waals surface area (Å²) in [6.45, 7) is 4.89. The molecule has 0 aliphatic rings. The van der Waals surface area contributed by atoms with Gasteiger partial charge in [0, 0.05) is 35.8 Å². The molecular formula is C15H19N3O2. The number of nitrogens with zero attached hydrogens (tertiary/aromatic N) is 1. The van der Waals surface area contributed by atoms with E-state index in [1.54, 1.807) is 11.0 Å². The van der Waals surface area contributed by atoms with Crippen molar-refractivity contribution in [2.75, 3.05) is 19.6 Å². The van der Waals surface area contributed by atoms with Gasteiger partial charge in [-0.3, -0.25) is 9.59 Å². The van der Waals surface area contributed by atoms with Crippen molar-refractivity contribution in [2.24, 2.45) is 0 Å². The predicted octanol–water partition coefficient (Wildman–Crippen LogP) is 1.77. The van der Waals surface area contributed by atoms with Crippen molar-refractivity contribution in [1.29, 1.82) is 0 Å². The molecule has 0 saturated carbocycles. The van der Waals surface area contributed by atoms with Gasteiger partial charge in [-0.1, -0.05) is 0 Å². The number of likely N-dealkylation sites (N-methyl/N-ethyl adjacent to an activating group) is 2. The van der Waals surface area contributed by atoms with Crippen LogP contribution in [0.4, 0.5) is 0 Å². The van der Waals surface area contributed by atoms with Crippen molar-refractivity contribution < 1.29 is 9.59 Å². The molecule has 2 rings (SSSR count). The molecule has 0 spiro atoms. The summed E-state index contributed by atoms with van der Waals surface area (Å²) in [5.74, 6) is -0.257. The van der Waals surface area contributed by atoms with E-state index in [1.165, 1.54) is 0 Å². The predicted molar refractivity (Wildman–Crippen MR) is 78.6 cm³/mol. The third kappa shape index (κ3) is 2.99. The third-order valence-electron chi connectivity index (χ3n) is 3.18. The van der Waals surface area contributed by atoms with Crippen LogP contribution in [0.2, 0.25) is 0 Å². The molecule has 106 valence electrons. The third-order valence-corrected chi connectivity index (χ3v) is 3.18. The van der Waals surface area contributed by atoms with E-state index >= 15 is 0 Å².